The average molecular weight is 398 g/mol. The van der Waals surface area contributed by atoms with Crippen LogP contribution in [0.5, 0.6) is 5.75 Å². The van der Waals surface area contributed by atoms with E-state index >= 15 is 0 Å². The molecule has 2 N–H and O–H groups in total. The van der Waals surface area contributed by atoms with Crippen molar-refractivity contribution in [2.45, 2.75) is 4.90 Å². The number of sulfonamides is 1. The summed E-state index contributed by atoms with van der Waals surface area (Å²) in [6.45, 7) is 0. The minimum Gasteiger partial charge on any atom is -0.497 e. The van der Waals surface area contributed by atoms with Gasteiger partial charge in [0.15, 0.2) is 0 Å². The Morgan fingerprint density at radius 2 is 1.68 bits per heavy atom. The monoisotopic (exact) mass is 398 g/mol. The first-order valence-electron chi connectivity index (χ1n) is 8.26. The summed E-state index contributed by atoms with van der Waals surface area (Å²) >= 11 is 0. The minimum atomic E-state index is -3.75. The van der Waals surface area contributed by atoms with Crippen LogP contribution in [0, 0.1) is 0 Å². The Bertz CT molecular complexity index is 1050. The second-order valence-electron chi connectivity index (χ2n) is 5.70. The fourth-order valence-electron chi connectivity index (χ4n) is 2.32. The molecule has 0 saturated carbocycles. The summed E-state index contributed by atoms with van der Waals surface area (Å²) in [6, 6.07) is 15.8. The van der Waals surface area contributed by atoms with Gasteiger partial charge in [-0.05, 0) is 66.7 Å². The summed E-state index contributed by atoms with van der Waals surface area (Å²) in [5, 5.41) is 2.65. The summed E-state index contributed by atoms with van der Waals surface area (Å²) in [4.78, 5) is 12.0. The molecule has 3 rings (SSSR count). The second-order valence-corrected chi connectivity index (χ2v) is 7.38. The van der Waals surface area contributed by atoms with Gasteiger partial charge >= 0.3 is 0 Å². The molecule has 0 saturated heterocycles. The lowest BCUT2D eigenvalue weighted by molar-refractivity contribution is -0.111. The number of methoxy groups -OCH3 is 1. The van der Waals surface area contributed by atoms with Crippen LogP contribution < -0.4 is 14.8 Å². The molecule has 0 spiro atoms. The van der Waals surface area contributed by atoms with Crippen LogP contribution in [-0.4, -0.2) is 21.4 Å². The number of ether oxygens (including phenoxy) is 1. The molecule has 0 radical (unpaired) electrons. The van der Waals surface area contributed by atoms with Crippen LogP contribution in [0.4, 0.5) is 11.4 Å². The molecule has 8 heteroatoms. The van der Waals surface area contributed by atoms with Crippen molar-refractivity contribution in [2.24, 2.45) is 0 Å². The summed E-state index contributed by atoms with van der Waals surface area (Å²) < 4.78 is 37.6. The Kier molecular flexibility index (Phi) is 5.81. The van der Waals surface area contributed by atoms with E-state index in [0.29, 0.717) is 22.9 Å². The van der Waals surface area contributed by atoms with Crippen molar-refractivity contribution >= 4 is 33.4 Å². The predicted octanol–water partition coefficient (Wildman–Crippen LogP) is 3.74. The van der Waals surface area contributed by atoms with Gasteiger partial charge < -0.3 is 14.5 Å². The van der Waals surface area contributed by atoms with Gasteiger partial charge in [0, 0.05) is 17.5 Å². The zero-order chi connectivity index (χ0) is 20.0. The first-order chi connectivity index (χ1) is 13.5. The van der Waals surface area contributed by atoms with Gasteiger partial charge in [0.05, 0.1) is 18.3 Å². The van der Waals surface area contributed by atoms with Crippen molar-refractivity contribution in [1.29, 1.82) is 0 Å². The maximum absolute atomic E-state index is 12.5. The first kappa shape index (κ1) is 19.2. The van der Waals surface area contributed by atoms with E-state index in [0.717, 1.165) is 0 Å². The molecule has 0 aliphatic rings. The van der Waals surface area contributed by atoms with Crippen LogP contribution in [-0.2, 0) is 14.8 Å². The quantitative estimate of drug-likeness (QED) is 0.591. The summed E-state index contributed by atoms with van der Waals surface area (Å²) in [7, 11) is -2.21. The van der Waals surface area contributed by atoms with Gasteiger partial charge in [0.25, 0.3) is 10.0 Å². The lowest BCUT2D eigenvalue weighted by Gasteiger charge is -2.09. The lowest BCUT2D eigenvalue weighted by atomic mass is 10.3. The molecular formula is C20H18N2O5S. The highest BCUT2D eigenvalue weighted by atomic mass is 32.2. The van der Waals surface area contributed by atoms with Crippen LogP contribution in [0.2, 0.25) is 0 Å². The third-order valence-electron chi connectivity index (χ3n) is 3.72. The van der Waals surface area contributed by atoms with Crippen molar-refractivity contribution < 1.29 is 22.4 Å². The highest BCUT2D eigenvalue weighted by Crippen LogP contribution is 2.20. The van der Waals surface area contributed by atoms with E-state index in [1.807, 2.05) is 0 Å². The normalized spacial score (nSPS) is 11.3. The minimum absolute atomic E-state index is 0.0763. The number of rotatable bonds is 7. The Labute approximate surface area is 162 Å². The zero-order valence-electron chi connectivity index (χ0n) is 15.0. The SMILES string of the molecule is COc1ccc(NS(=O)(=O)c2ccc(NC(=O)C=Cc3ccco3)cc2)cc1. The van der Waals surface area contributed by atoms with Gasteiger partial charge in [-0.25, -0.2) is 8.42 Å². The fraction of sp³-hybridized carbons (Fsp3) is 0.0500. The van der Waals surface area contributed by atoms with Gasteiger partial charge in [-0.15, -0.1) is 0 Å². The average Bonchev–Trinajstić information content (AvgIpc) is 3.21. The molecule has 1 aromatic heterocycles. The molecule has 0 unspecified atom stereocenters. The molecule has 0 fully saturated rings. The number of hydrogen-bond acceptors (Lipinski definition) is 5. The molecule has 7 nitrogen and oxygen atoms in total. The van der Waals surface area contributed by atoms with E-state index in [2.05, 4.69) is 10.0 Å². The molecule has 1 heterocycles. The van der Waals surface area contributed by atoms with Gasteiger partial charge in [-0.2, -0.15) is 0 Å². The lowest BCUT2D eigenvalue weighted by Crippen LogP contribution is -2.13. The third-order valence-corrected chi connectivity index (χ3v) is 5.11. The summed E-state index contributed by atoms with van der Waals surface area (Å²) in [5.41, 5.74) is 0.888. The smallest absolute Gasteiger partial charge is 0.261 e. The van der Waals surface area contributed by atoms with Crippen LogP contribution in [0.1, 0.15) is 5.76 Å². The van der Waals surface area contributed by atoms with E-state index in [-0.39, 0.29) is 10.8 Å². The summed E-state index contributed by atoms with van der Waals surface area (Å²) in [5.74, 6) is 0.828. The van der Waals surface area contributed by atoms with E-state index in [1.165, 1.54) is 49.8 Å². The Hall–Kier alpha value is -3.52. The molecule has 3 aromatic rings. The topological polar surface area (TPSA) is 97.6 Å². The number of benzene rings is 2. The number of furan rings is 1. The van der Waals surface area contributed by atoms with E-state index < -0.39 is 10.0 Å². The second kappa shape index (κ2) is 8.45. The Balaban J connectivity index is 1.64. The van der Waals surface area contributed by atoms with E-state index in [4.69, 9.17) is 9.15 Å². The third kappa shape index (κ3) is 5.01. The Morgan fingerprint density at radius 3 is 2.29 bits per heavy atom. The molecule has 0 aliphatic carbocycles. The zero-order valence-corrected chi connectivity index (χ0v) is 15.8. The van der Waals surface area contributed by atoms with Crippen molar-refractivity contribution in [3.63, 3.8) is 0 Å². The van der Waals surface area contributed by atoms with Crippen LogP contribution in [0.3, 0.4) is 0 Å². The van der Waals surface area contributed by atoms with Crippen LogP contribution in [0.15, 0.2) is 82.3 Å². The molecule has 0 aliphatic heterocycles. The van der Waals surface area contributed by atoms with Crippen LogP contribution >= 0.6 is 0 Å². The van der Waals surface area contributed by atoms with Crippen molar-refractivity contribution in [3.8, 4) is 5.75 Å². The number of nitrogens with one attached hydrogen (secondary N) is 2. The maximum atomic E-state index is 12.5. The number of carbonyl (C=O) groups is 1. The van der Waals surface area contributed by atoms with Gasteiger partial charge in [0.2, 0.25) is 5.91 Å². The predicted molar refractivity (Wildman–Crippen MR) is 107 cm³/mol. The first-order valence-corrected chi connectivity index (χ1v) is 9.74. The molecule has 0 atom stereocenters. The van der Waals surface area contributed by atoms with E-state index in [9.17, 15) is 13.2 Å². The number of anilines is 2. The molecule has 1 amide bonds. The van der Waals surface area contributed by atoms with Crippen molar-refractivity contribution in [2.75, 3.05) is 17.1 Å². The fourth-order valence-corrected chi connectivity index (χ4v) is 3.38. The number of amides is 1. The number of carbonyl (C=O) groups excluding carboxylic acids is 1. The van der Waals surface area contributed by atoms with E-state index in [1.54, 1.807) is 36.4 Å². The summed E-state index contributed by atoms with van der Waals surface area (Å²) in [6.07, 6.45) is 4.37. The van der Waals surface area contributed by atoms with Crippen LogP contribution in [0.25, 0.3) is 6.08 Å². The van der Waals surface area contributed by atoms with Gasteiger partial charge in [-0.3, -0.25) is 9.52 Å². The largest absolute Gasteiger partial charge is 0.497 e. The molecular weight excluding hydrogens is 380 g/mol. The molecule has 144 valence electrons. The molecule has 0 bridgehead atoms. The van der Waals surface area contributed by atoms with Gasteiger partial charge in [0.1, 0.15) is 11.5 Å². The molecule has 2 aromatic carbocycles. The van der Waals surface area contributed by atoms with Gasteiger partial charge in [-0.1, -0.05) is 0 Å². The number of hydrogen-bond donors (Lipinski definition) is 2. The molecule has 28 heavy (non-hydrogen) atoms. The highest BCUT2D eigenvalue weighted by molar-refractivity contribution is 7.92. The Morgan fingerprint density at radius 1 is 1.00 bits per heavy atom. The standard InChI is InChI=1S/C20H18N2O5S/c1-26-17-8-4-16(5-9-17)22-28(24,25)19-11-6-15(7-12-19)21-20(23)13-10-18-3-2-14-27-18/h2-14,22H,1H3,(H,21,23). The van der Waals surface area contributed by atoms with Crippen molar-refractivity contribution in [3.05, 3.63) is 78.8 Å². The highest BCUT2D eigenvalue weighted by Gasteiger charge is 2.14. The van der Waals surface area contributed by atoms with Crippen molar-refractivity contribution in [1.82, 2.24) is 0 Å². The maximum Gasteiger partial charge on any atom is 0.261 e.